The maximum atomic E-state index is 11.9. The Bertz CT molecular complexity index is 400. The Kier molecular flexibility index (Phi) is 3.08. The fourth-order valence-corrected chi connectivity index (χ4v) is 1.91. The first-order valence-electron chi connectivity index (χ1n) is 5.60. The van der Waals surface area contributed by atoms with Crippen molar-refractivity contribution in [1.82, 2.24) is 15.1 Å². The van der Waals surface area contributed by atoms with Crippen molar-refractivity contribution < 1.29 is 4.79 Å². The van der Waals surface area contributed by atoms with Gasteiger partial charge in [-0.2, -0.15) is 5.10 Å². The summed E-state index contributed by atoms with van der Waals surface area (Å²) in [6.45, 7) is 1.98. The Morgan fingerprint density at radius 1 is 1.56 bits per heavy atom. The summed E-state index contributed by atoms with van der Waals surface area (Å²) in [6.07, 6.45) is 9.59. The third-order valence-corrected chi connectivity index (χ3v) is 2.96. The molecule has 0 radical (unpaired) electrons. The van der Waals surface area contributed by atoms with Crippen molar-refractivity contribution >= 4 is 5.91 Å². The van der Waals surface area contributed by atoms with Crippen molar-refractivity contribution in [3.8, 4) is 0 Å². The molecule has 1 heterocycles. The van der Waals surface area contributed by atoms with Crippen LogP contribution in [-0.2, 0) is 11.8 Å². The number of hydrogen-bond acceptors (Lipinski definition) is 2. The fourth-order valence-electron chi connectivity index (χ4n) is 1.91. The maximum Gasteiger partial charge on any atom is 0.224 e. The third kappa shape index (κ3) is 2.32. The van der Waals surface area contributed by atoms with E-state index in [0.29, 0.717) is 0 Å². The second-order valence-corrected chi connectivity index (χ2v) is 4.32. The van der Waals surface area contributed by atoms with Gasteiger partial charge in [0.1, 0.15) is 0 Å². The zero-order valence-electron chi connectivity index (χ0n) is 9.68. The molecule has 0 fully saturated rings. The summed E-state index contributed by atoms with van der Waals surface area (Å²) >= 11 is 0. The Morgan fingerprint density at radius 2 is 2.25 bits per heavy atom. The van der Waals surface area contributed by atoms with Gasteiger partial charge in [-0.15, -0.1) is 0 Å². The second kappa shape index (κ2) is 4.51. The molecule has 1 atom stereocenters. The summed E-state index contributed by atoms with van der Waals surface area (Å²) in [5.74, 6) is 0.264. The SMILES string of the molecule is CC(NC(=O)C1CC=CC1)c1cnn(C)c1. The van der Waals surface area contributed by atoms with Crippen LogP contribution in [0.15, 0.2) is 24.5 Å². The molecule has 0 aromatic carbocycles. The standard InChI is InChI=1S/C12H17N3O/c1-9(11-7-13-15(2)8-11)14-12(16)10-5-3-4-6-10/h3-4,7-10H,5-6H2,1-2H3,(H,14,16). The van der Waals surface area contributed by atoms with Crippen molar-refractivity contribution in [3.05, 3.63) is 30.1 Å². The summed E-state index contributed by atoms with van der Waals surface area (Å²) in [5.41, 5.74) is 1.04. The van der Waals surface area contributed by atoms with Crippen LogP contribution in [0.25, 0.3) is 0 Å². The molecule has 2 rings (SSSR count). The van der Waals surface area contributed by atoms with Crippen LogP contribution in [-0.4, -0.2) is 15.7 Å². The number of amides is 1. The Balaban J connectivity index is 1.91. The lowest BCUT2D eigenvalue weighted by Gasteiger charge is -2.15. The van der Waals surface area contributed by atoms with Gasteiger partial charge >= 0.3 is 0 Å². The first-order valence-corrected chi connectivity index (χ1v) is 5.60. The van der Waals surface area contributed by atoms with Crippen molar-refractivity contribution in [2.24, 2.45) is 13.0 Å². The molecule has 1 N–H and O–H groups in total. The lowest BCUT2D eigenvalue weighted by atomic mass is 10.1. The van der Waals surface area contributed by atoms with Gasteiger partial charge in [0.15, 0.2) is 0 Å². The predicted octanol–water partition coefficient (Wildman–Crippen LogP) is 1.56. The summed E-state index contributed by atoms with van der Waals surface area (Å²) < 4.78 is 1.75. The molecule has 1 aromatic heterocycles. The lowest BCUT2D eigenvalue weighted by molar-refractivity contribution is -0.125. The van der Waals surface area contributed by atoms with E-state index in [2.05, 4.69) is 22.6 Å². The molecule has 4 heteroatoms. The van der Waals surface area contributed by atoms with Gasteiger partial charge in [0, 0.05) is 24.7 Å². The molecule has 1 amide bonds. The maximum absolute atomic E-state index is 11.9. The predicted molar refractivity (Wildman–Crippen MR) is 61.6 cm³/mol. The first kappa shape index (κ1) is 10.9. The van der Waals surface area contributed by atoms with Gasteiger partial charge in [-0.3, -0.25) is 9.48 Å². The third-order valence-electron chi connectivity index (χ3n) is 2.96. The number of aromatic nitrogens is 2. The van der Waals surface area contributed by atoms with Crippen LogP contribution < -0.4 is 5.32 Å². The molecule has 0 saturated carbocycles. The normalized spacial score (nSPS) is 17.6. The summed E-state index contributed by atoms with van der Waals surface area (Å²) in [6, 6.07) is 0.0294. The van der Waals surface area contributed by atoms with E-state index in [1.54, 1.807) is 10.9 Å². The minimum absolute atomic E-state index is 0.0294. The molecule has 0 aliphatic heterocycles. The Hall–Kier alpha value is -1.58. The average Bonchev–Trinajstić information content (AvgIpc) is 2.87. The Morgan fingerprint density at radius 3 is 2.81 bits per heavy atom. The number of allylic oxidation sites excluding steroid dienone is 2. The lowest BCUT2D eigenvalue weighted by Crippen LogP contribution is -2.31. The van der Waals surface area contributed by atoms with E-state index in [0.717, 1.165) is 18.4 Å². The molecule has 1 aliphatic rings. The van der Waals surface area contributed by atoms with Crippen LogP contribution in [0.5, 0.6) is 0 Å². The van der Waals surface area contributed by atoms with E-state index in [1.807, 2.05) is 20.2 Å². The van der Waals surface area contributed by atoms with Crippen LogP contribution in [0.3, 0.4) is 0 Å². The molecule has 1 aromatic rings. The van der Waals surface area contributed by atoms with E-state index >= 15 is 0 Å². The van der Waals surface area contributed by atoms with E-state index < -0.39 is 0 Å². The summed E-state index contributed by atoms with van der Waals surface area (Å²) in [5, 5.41) is 7.11. The highest BCUT2D eigenvalue weighted by atomic mass is 16.1. The minimum atomic E-state index is 0.0294. The number of carbonyl (C=O) groups is 1. The van der Waals surface area contributed by atoms with Gasteiger partial charge < -0.3 is 5.32 Å². The van der Waals surface area contributed by atoms with Crippen LogP contribution in [0.2, 0.25) is 0 Å². The number of hydrogen-bond donors (Lipinski definition) is 1. The minimum Gasteiger partial charge on any atom is -0.349 e. The molecule has 86 valence electrons. The van der Waals surface area contributed by atoms with Crippen molar-refractivity contribution in [3.63, 3.8) is 0 Å². The fraction of sp³-hybridized carbons (Fsp3) is 0.500. The van der Waals surface area contributed by atoms with Gasteiger partial charge in [0.25, 0.3) is 0 Å². The number of aryl methyl sites for hydroxylation is 1. The van der Waals surface area contributed by atoms with Gasteiger partial charge in [-0.1, -0.05) is 12.2 Å². The monoisotopic (exact) mass is 219 g/mol. The molecular weight excluding hydrogens is 202 g/mol. The zero-order chi connectivity index (χ0) is 11.5. The molecule has 1 unspecified atom stereocenters. The molecule has 0 saturated heterocycles. The number of rotatable bonds is 3. The zero-order valence-corrected chi connectivity index (χ0v) is 9.68. The topological polar surface area (TPSA) is 46.9 Å². The smallest absolute Gasteiger partial charge is 0.224 e. The van der Waals surface area contributed by atoms with Crippen molar-refractivity contribution in [2.45, 2.75) is 25.8 Å². The average molecular weight is 219 g/mol. The van der Waals surface area contributed by atoms with Gasteiger partial charge in [-0.25, -0.2) is 0 Å². The van der Waals surface area contributed by atoms with E-state index in [4.69, 9.17) is 0 Å². The van der Waals surface area contributed by atoms with Gasteiger partial charge in [0.05, 0.1) is 12.2 Å². The molecule has 4 nitrogen and oxygen atoms in total. The van der Waals surface area contributed by atoms with E-state index in [1.165, 1.54) is 0 Å². The van der Waals surface area contributed by atoms with Crippen LogP contribution >= 0.6 is 0 Å². The molecular formula is C12H17N3O. The number of carbonyl (C=O) groups excluding carboxylic acids is 1. The number of nitrogens with zero attached hydrogens (tertiary/aromatic N) is 2. The van der Waals surface area contributed by atoms with E-state index in [9.17, 15) is 4.79 Å². The van der Waals surface area contributed by atoms with Crippen LogP contribution in [0.4, 0.5) is 0 Å². The summed E-state index contributed by atoms with van der Waals surface area (Å²) in [4.78, 5) is 11.9. The van der Waals surface area contributed by atoms with Gasteiger partial charge in [0.2, 0.25) is 5.91 Å². The van der Waals surface area contributed by atoms with Crippen molar-refractivity contribution in [2.75, 3.05) is 0 Å². The summed E-state index contributed by atoms with van der Waals surface area (Å²) in [7, 11) is 1.87. The second-order valence-electron chi connectivity index (χ2n) is 4.32. The van der Waals surface area contributed by atoms with Crippen molar-refractivity contribution in [1.29, 1.82) is 0 Å². The van der Waals surface area contributed by atoms with Crippen LogP contribution in [0, 0.1) is 5.92 Å². The highest BCUT2D eigenvalue weighted by Crippen LogP contribution is 2.19. The quantitative estimate of drug-likeness (QED) is 0.784. The molecule has 16 heavy (non-hydrogen) atoms. The molecule has 0 spiro atoms. The Labute approximate surface area is 95.3 Å². The van der Waals surface area contributed by atoms with Gasteiger partial charge in [-0.05, 0) is 19.8 Å². The number of nitrogens with one attached hydrogen (secondary N) is 1. The highest BCUT2D eigenvalue weighted by Gasteiger charge is 2.21. The highest BCUT2D eigenvalue weighted by molar-refractivity contribution is 5.79. The van der Waals surface area contributed by atoms with E-state index in [-0.39, 0.29) is 17.9 Å². The molecule has 0 bridgehead atoms. The van der Waals surface area contributed by atoms with Crippen LogP contribution in [0.1, 0.15) is 31.4 Å². The largest absolute Gasteiger partial charge is 0.349 e. The molecule has 1 aliphatic carbocycles. The first-order chi connectivity index (χ1) is 7.66.